The summed E-state index contributed by atoms with van der Waals surface area (Å²) in [6.07, 6.45) is 7.90. The first-order valence-corrected chi connectivity index (χ1v) is 10.4. The van der Waals surface area contributed by atoms with E-state index in [2.05, 4.69) is 32.3 Å². The molecule has 3 heterocycles. The highest BCUT2D eigenvalue weighted by molar-refractivity contribution is 5.92. The molecule has 0 amide bonds. The van der Waals surface area contributed by atoms with Crippen molar-refractivity contribution in [1.29, 1.82) is 0 Å². The molecule has 0 radical (unpaired) electrons. The van der Waals surface area contributed by atoms with Gasteiger partial charge in [0.1, 0.15) is 5.82 Å². The largest absolute Gasteiger partial charge is 0.490 e. The number of fused-ring (bicyclic) bond motifs is 1. The van der Waals surface area contributed by atoms with Crippen molar-refractivity contribution in [3.8, 4) is 11.5 Å². The first-order chi connectivity index (χ1) is 14.3. The maximum Gasteiger partial charge on any atom is 0.193 e. The minimum absolute atomic E-state index is 0.357. The molecule has 0 bridgehead atoms. The first kappa shape index (κ1) is 19.4. The molecular formula is C22H29N5O2. The van der Waals surface area contributed by atoms with Crippen LogP contribution in [-0.2, 0) is 6.54 Å². The van der Waals surface area contributed by atoms with Gasteiger partial charge in [0.05, 0.1) is 19.8 Å². The Morgan fingerprint density at radius 3 is 2.55 bits per heavy atom. The fourth-order valence-corrected chi connectivity index (χ4v) is 3.60. The Morgan fingerprint density at radius 2 is 1.79 bits per heavy atom. The molecule has 2 aliphatic rings. The summed E-state index contributed by atoms with van der Waals surface area (Å²) < 4.78 is 11.4. The monoisotopic (exact) mass is 395 g/mol. The normalized spacial score (nSPS) is 17.4. The number of nitrogens with zero attached hydrogens (tertiary/aromatic N) is 3. The van der Waals surface area contributed by atoms with Gasteiger partial charge in [-0.2, -0.15) is 0 Å². The van der Waals surface area contributed by atoms with Crippen LogP contribution in [0.1, 0.15) is 37.7 Å². The molecule has 0 atom stereocenters. The molecule has 2 aromatic rings. The van der Waals surface area contributed by atoms with Gasteiger partial charge in [0.25, 0.3) is 0 Å². The van der Waals surface area contributed by atoms with Gasteiger partial charge in [-0.25, -0.2) is 9.98 Å². The number of hydrogen-bond donors (Lipinski definition) is 2. The molecule has 2 aliphatic heterocycles. The second kappa shape index (κ2) is 9.49. The third-order valence-corrected chi connectivity index (χ3v) is 5.19. The van der Waals surface area contributed by atoms with Crippen molar-refractivity contribution in [2.24, 2.45) is 10.7 Å². The topological polar surface area (TPSA) is 85.0 Å². The maximum atomic E-state index is 6.06. The summed E-state index contributed by atoms with van der Waals surface area (Å²) in [6, 6.07) is 9.86. The maximum absolute atomic E-state index is 6.06. The van der Waals surface area contributed by atoms with E-state index in [0.29, 0.717) is 25.7 Å². The third kappa shape index (κ3) is 5.31. The van der Waals surface area contributed by atoms with Crippen LogP contribution in [0, 0.1) is 0 Å². The number of pyridine rings is 1. The predicted molar refractivity (Wildman–Crippen MR) is 116 cm³/mol. The van der Waals surface area contributed by atoms with Crippen molar-refractivity contribution < 1.29 is 9.47 Å². The van der Waals surface area contributed by atoms with Gasteiger partial charge in [-0.1, -0.05) is 18.9 Å². The lowest BCUT2D eigenvalue weighted by Gasteiger charge is -2.21. The fourth-order valence-electron chi connectivity index (χ4n) is 3.60. The van der Waals surface area contributed by atoms with Crippen LogP contribution in [0.3, 0.4) is 0 Å². The van der Waals surface area contributed by atoms with Crippen LogP contribution < -0.4 is 25.4 Å². The summed E-state index contributed by atoms with van der Waals surface area (Å²) >= 11 is 0. The van der Waals surface area contributed by atoms with Crippen molar-refractivity contribution in [3.05, 3.63) is 42.1 Å². The van der Waals surface area contributed by atoms with Gasteiger partial charge in [0.15, 0.2) is 17.5 Å². The van der Waals surface area contributed by atoms with E-state index < -0.39 is 0 Å². The van der Waals surface area contributed by atoms with Gasteiger partial charge in [0.2, 0.25) is 0 Å². The van der Waals surface area contributed by atoms with Gasteiger partial charge >= 0.3 is 0 Å². The number of anilines is 2. The highest BCUT2D eigenvalue weighted by atomic mass is 16.5. The molecular weight excluding hydrogens is 366 g/mol. The van der Waals surface area contributed by atoms with Gasteiger partial charge in [0, 0.05) is 37.5 Å². The summed E-state index contributed by atoms with van der Waals surface area (Å²) in [5.74, 6) is 2.90. The van der Waals surface area contributed by atoms with Gasteiger partial charge < -0.3 is 25.4 Å². The summed E-state index contributed by atoms with van der Waals surface area (Å²) in [4.78, 5) is 11.4. The predicted octanol–water partition coefficient (Wildman–Crippen LogP) is 3.55. The average molecular weight is 396 g/mol. The summed E-state index contributed by atoms with van der Waals surface area (Å²) in [5, 5.41) is 3.12. The van der Waals surface area contributed by atoms with Gasteiger partial charge in [-0.3, -0.25) is 0 Å². The number of guanidine groups is 1. The van der Waals surface area contributed by atoms with E-state index in [4.69, 9.17) is 15.2 Å². The Bertz CT molecular complexity index is 830. The molecule has 1 fully saturated rings. The van der Waals surface area contributed by atoms with Crippen molar-refractivity contribution in [1.82, 2.24) is 4.98 Å². The van der Waals surface area contributed by atoms with E-state index in [0.717, 1.165) is 48.1 Å². The minimum Gasteiger partial charge on any atom is -0.490 e. The highest BCUT2D eigenvalue weighted by Crippen LogP contribution is 2.32. The van der Waals surface area contributed by atoms with E-state index in [-0.39, 0.29) is 0 Å². The zero-order valence-electron chi connectivity index (χ0n) is 16.8. The molecule has 0 spiro atoms. The Hall–Kier alpha value is -2.96. The van der Waals surface area contributed by atoms with Crippen LogP contribution in [-0.4, -0.2) is 37.2 Å². The third-order valence-electron chi connectivity index (χ3n) is 5.19. The van der Waals surface area contributed by atoms with Crippen LogP contribution >= 0.6 is 0 Å². The number of aliphatic imine (C=N–C) groups is 1. The summed E-state index contributed by atoms with van der Waals surface area (Å²) in [5.41, 5.74) is 7.92. The first-order valence-electron chi connectivity index (χ1n) is 10.4. The molecule has 0 saturated carbocycles. The van der Waals surface area contributed by atoms with Crippen molar-refractivity contribution in [3.63, 3.8) is 0 Å². The smallest absolute Gasteiger partial charge is 0.193 e. The molecule has 0 aliphatic carbocycles. The number of nitrogens with two attached hydrogens (primary N) is 1. The molecule has 1 saturated heterocycles. The fraction of sp³-hybridized carbons (Fsp3) is 0.455. The van der Waals surface area contributed by atoms with Crippen LogP contribution in [0.4, 0.5) is 11.5 Å². The van der Waals surface area contributed by atoms with Crippen LogP contribution in [0.15, 0.2) is 41.5 Å². The van der Waals surface area contributed by atoms with E-state index >= 15 is 0 Å². The number of ether oxygens (including phenoxy) is 2. The van der Waals surface area contributed by atoms with Crippen molar-refractivity contribution >= 4 is 17.5 Å². The molecule has 4 rings (SSSR count). The Labute approximate surface area is 171 Å². The number of aromatic nitrogens is 1. The summed E-state index contributed by atoms with van der Waals surface area (Å²) in [7, 11) is 0. The molecule has 1 aromatic heterocycles. The van der Waals surface area contributed by atoms with Gasteiger partial charge in [-0.05, 0) is 36.6 Å². The second-order valence-corrected chi connectivity index (χ2v) is 7.46. The average Bonchev–Trinajstić information content (AvgIpc) is 3.15. The number of benzene rings is 1. The number of hydrogen-bond acceptors (Lipinski definition) is 5. The van der Waals surface area contributed by atoms with E-state index in [1.807, 2.05) is 24.4 Å². The zero-order chi connectivity index (χ0) is 19.9. The van der Waals surface area contributed by atoms with Crippen molar-refractivity contribution in [2.45, 2.75) is 38.6 Å². The highest BCUT2D eigenvalue weighted by Gasteiger charge is 2.12. The molecule has 7 heteroatoms. The summed E-state index contributed by atoms with van der Waals surface area (Å²) in [6.45, 7) is 4.00. The Balaban J connectivity index is 1.34. The van der Waals surface area contributed by atoms with Crippen LogP contribution in [0.5, 0.6) is 11.5 Å². The standard InChI is InChI=1S/C22H29N5O2/c23-22(26-18-7-8-19-20(14-18)29-13-5-12-28-19)25-16-17-6-9-21(24-15-17)27-10-3-1-2-4-11-27/h6-9,14-15H,1-5,10-13,16H2,(H3,23,25,26). The SMILES string of the molecule is NC(=NCc1ccc(N2CCCCCC2)nc1)Nc1ccc2c(c1)OCCCO2. The van der Waals surface area contributed by atoms with Crippen LogP contribution in [0.25, 0.3) is 0 Å². The second-order valence-electron chi connectivity index (χ2n) is 7.46. The molecule has 0 unspecified atom stereocenters. The molecule has 7 nitrogen and oxygen atoms in total. The van der Waals surface area contributed by atoms with E-state index in [1.165, 1.54) is 25.7 Å². The van der Waals surface area contributed by atoms with Crippen molar-refractivity contribution in [2.75, 3.05) is 36.5 Å². The molecule has 29 heavy (non-hydrogen) atoms. The Kier molecular flexibility index (Phi) is 6.34. The quantitative estimate of drug-likeness (QED) is 0.608. The lowest BCUT2D eigenvalue weighted by molar-refractivity contribution is 0.297. The van der Waals surface area contributed by atoms with Crippen LogP contribution in [0.2, 0.25) is 0 Å². The lowest BCUT2D eigenvalue weighted by Crippen LogP contribution is -2.24. The number of nitrogens with one attached hydrogen (secondary N) is 1. The lowest BCUT2D eigenvalue weighted by atomic mass is 10.2. The minimum atomic E-state index is 0.357. The molecule has 3 N–H and O–H groups in total. The van der Waals surface area contributed by atoms with E-state index in [1.54, 1.807) is 0 Å². The Morgan fingerprint density at radius 1 is 1.00 bits per heavy atom. The number of rotatable bonds is 4. The van der Waals surface area contributed by atoms with Gasteiger partial charge in [-0.15, -0.1) is 0 Å². The molecule has 154 valence electrons. The molecule has 1 aromatic carbocycles. The van der Waals surface area contributed by atoms with E-state index in [9.17, 15) is 0 Å². The zero-order valence-corrected chi connectivity index (χ0v) is 16.8.